The van der Waals surface area contributed by atoms with Crippen LogP contribution in [0.4, 0.5) is 0 Å². The summed E-state index contributed by atoms with van der Waals surface area (Å²) in [6, 6.07) is 8.03. The first kappa shape index (κ1) is 16.2. The molecule has 22 heavy (non-hydrogen) atoms. The minimum atomic E-state index is -1.01. The van der Waals surface area contributed by atoms with E-state index in [0.717, 1.165) is 29.5 Å². The summed E-state index contributed by atoms with van der Waals surface area (Å²) >= 11 is 1.09. The Morgan fingerprint density at radius 2 is 2.05 bits per heavy atom. The van der Waals surface area contributed by atoms with E-state index in [4.69, 9.17) is 5.11 Å². The predicted molar refractivity (Wildman–Crippen MR) is 87.2 cm³/mol. The van der Waals surface area contributed by atoms with Gasteiger partial charge in [0.1, 0.15) is 5.25 Å². The molecule has 0 spiro atoms. The zero-order valence-corrected chi connectivity index (χ0v) is 13.2. The maximum atomic E-state index is 11.6. The van der Waals surface area contributed by atoms with Crippen molar-refractivity contribution in [2.75, 3.05) is 0 Å². The molecule has 1 fully saturated rings. The van der Waals surface area contributed by atoms with Gasteiger partial charge in [-0.1, -0.05) is 43.0 Å². The number of hydrogen-bond acceptors (Lipinski definition) is 5. The molecular formula is C15H17N3O3S. The number of nitrogens with zero attached hydrogens (tertiary/aromatic N) is 2. The smallest absolute Gasteiger partial charge is 0.305 e. The molecule has 7 heteroatoms. The summed E-state index contributed by atoms with van der Waals surface area (Å²) in [7, 11) is 0. The standard InChI is InChI=1S/C15H17N3O3S/c1-3-10-4-6-11(7-5-10)9(2)17-18-15-16-14(21)12(22-15)8-13(19)20/h4-7,12H,3,8H2,1-2H3,(H,19,20)(H,16,18,21)/t12-/m1/s1. The third-order valence-electron chi connectivity index (χ3n) is 3.21. The zero-order valence-electron chi connectivity index (χ0n) is 12.4. The molecule has 0 bridgehead atoms. The SMILES string of the molecule is CCc1ccc(C(C)=NN=C2NC(=O)[C@@H](CC(=O)O)S2)cc1. The van der Waals surface area contributed by atoms with Gasteiger partial charge in [0.15, 0.2) is 5.17 Å². The van der Waals surface area contributed by atoms with Crippen LogP contribution in [0.15, 0.2) is 34.5 Å². The number of benzene rings is 1. The van der Waals surface area contributed by atoms with Crippen LogP contribution in [0.25, 0.3) is 0 Å². The highest BCUT2D eigenvalue weighted by atomic mass is 32.2. The van der Waals surface area contributed by atoms with E-state index in [-0.39, 0.29) is 12.3 Å². The Morgan fingerprint density at radius 1 is 1.36 bits per heavy atom. The van der Waals surface area contributed by atoms with Crippen molar-refractivity contribution in [3.63, 3.8) is 0 Å². The molecule has 1 saturated heterocycles. The monoisotopic (exact) mass is 319 g/mol. The average molecular weight is 319 g/mol. The first-order valence-electron chi connectivity index (χ1n) is 6.90. The Kier molecular flexibility index (Phi) is 5.32. The van der Waals surface area contributed by atoms with Gasteiger partial charge in [0, 0.05) is 0 Å². The van der Waals surface area contributed by atoms with Crippen molar-refractivity contribution in [2.45, 2.75) is 31.9 Å². The molecule has 0 radical (unpaired) electrons. The van der Waals surface area contributed by atoms with Crippen LogP contribution in [0.2, 0.25) is 0 Å². The van der Waals surface area contributed by atoms with Crippen molar-refractivity contribution in [1.29, 1.82) is 0 Å². The largest absolute Gasteiger partial charge is 0.481 e. The van der Waals surface area contributed by atoms with Crippen molar-refractivity contribution in [1.82, 2.24) is 5.32 Å². The lowest BCUT2D eigenvalue weighted by Gasteiger charge is -2.01. The van der Waals surface area contributed by atoms with Crippen molar-refractivity contribution in [3.8, 4) is 0 Å². The Balaban J connectivity index is 2.06. The molecule has 1 aromatic rings. The zero-order chi connectivity index (χ0) is 16.1. The summed E-state index contributed by atoms with van der Waals surface area (Å²) in [5.74, 6) is -1.35. The van der Waals surface area contributed by atoms with E-state index in [0.29, 0.717) is 5.17 Å². The molecule has 1 atom stereocenters. The molecule has 2 rings (SSSR count). The number of thioether (sulfide) groups is 1. The lowest BCUT2D eigenvalue weighted by atomic mass is 10.1. The van der Waals surface area contributed by atoms with Crippen LogP contribution in [0, 0.1) is 0 Å². The number of hydrogen-bond donors (Lipinski definition) is 2. The summed E-state index contributed by atoms with van der Waals surface area (Å²) in [4.78, 5) is 22.2. The van der Waals surface area contributed by atoms with E-state index in [1.165, 1.54) is 5.56 Å². The highest BCUT2D eigenvalue weighted by Gasteiger charge is 2.32. The normalized spacial score (nSPS) is 20.3. The fourth-order valence-corrected chi connectivity index (χ4v) is 2.81. The fraction of sp³-hybridized carbons (Fsp3) is 0.333. The molecule has 1 aromatic carbocycles. The summed E-state index contributed by atoms with van der Waals surface area (Å²) in [5, 5.41) is 19.1. The van der Waals surface area contributed by atoms with Gasteiger partial charge >= 0.3 is 5.97 Å². The number of carboxylic acids is 1. The number of carbonyl (C=O) groups is 2. The molecule has 1 aliphatic heterocycles. The predicted octanol–water partition coefficient (Wildman–Crippen LogP) is 2.04. The Bertz CT molecular complexity index is 638. The van der Waals surface area contributed by atoms with Gasteiger partial charge in [-0.15, -0.1) is 5.10 Å². The Hall–Kier alpha value is -2.15. The van der Waals surface area contributed by atoms with Crippen molar-refractivity contribution >= 4 is 34.5 Å². The van der Waals surface area contributed by atoms with E-state index in [9.17, 15) is 9.59 Å². The molecule has 0 unspecified atom stereocenters. The number of nitrogens with one attached hydrogen (secondary N) is 1. The van der Waals surface area contributed by atoms with E-state index in [1.807, 2.05) is 31.2 Å². The third-order valence-corrected chi connectivity index (χ3v) is 4.28. The average Bonchev–Trinajstić information content (AvgIpc) is 2.84. The van der Waals surface area contributed by atoms with Gasteiger partial charge in [-0.05, 0) is 24.5 Å². The lowest BCUT2D eigenvalue weighted by molar-refractivity contribution is -0.138. The molecule has 1 heterocycles. The van der Waals surface area contributed by atoms with Gasteiger partial charge in [-0.3, -0.25) is 9.59 Å². The quantitative estimate of drug-likeness (QED) is 0.642. The second kappa shape index (κ2) is 7.22. The van der Waals surface area contributed by atoms with Crippen LogP contribution in [0.3, 0.4) is 0 Å². The number of aliphatic carboxylic acids is 1. The van der Waals surface area contributed by atoms with Crippen LogP contribution in [0.1, 0.15) is 31.4 Å². The maximum Gasteiger partial charge on any atom is 0.305 e. The summed E-state index contributed by atoms with van der Waals surface area (Å²) < 4.78 is 0. The van der Waals surface area contributed by atoms with Gasteiger partial charge in [-0.2, -0.15) is 5.10 Å². The summed E-state index contributed by atoms with van der Waals surface area (Å²) in [5.41, 5.74) is 2.93. The molecule has 1 aliphatic rings. The highest BCUT2D eigenvalue weighted by Crippen LogP contribution is 2.22. The summed E-state index contributed by atoms with van der Waals surface area (Å²) in [6.07, 6.45) is 0.753. The molecule has 0 aliphatic carbocycles. The van der Waals surface area contributed by atoms with Crippen molar-refractivity contribution in [3.05, 3.63) is 35.4 Å². The molecular weight excluding hydrogens is 302 g/mol. The van der Waals surface area contributed by atoms with E-state index in [2.05, 4.69) is 22.4 Å². The van der Waals surface area contributed by atoms with Gasteiger partial charge in [0.2, 0.25) is 5.91 Å². The van der Waals surface area contributed by atoms with Gasteiger partial charge in [-0.25, -0.2) is 0 Å². The molecule has 0 aromatic heterocycles. The fourth-order valence-electron chi connectivity index (χ4n) is 1.90. The minimum Gasteiger partial charge on any atom is -0.481 e. The first-order valence-corrected chi connectivity index (χ1v) is 7.78. The van der Waals surface area contributed by atoms with Crippen LogP contribution in [-0.2, 0) is 16.0 Å². The molecule has 2 N–H and O–H groups in total. The topological polar surface area (TPSA) is 91.1 Å². The third kappa shape index (κ3) is 4.17. The molecule has 1 amide bonds. The minimum absolute atomic E-state index is 0.225. The van der Waals surface area contributed by atoms with E-state index < -0.39 is 11.2 Å². The lowest BCUT2D eigenvalue weighted by Crippen LogP contribution is -2.26. The van der Waals surface area contributed by atoms with Gasteiger partial charge < -0.3 is 10.4 Å². The number of carboxylic acid groups (broad SMARTS) is 1. The molecule has 6 nitrogen and oxygen atoms in total. The van der Waals surface area contributed by atoms with E-state index >= 15 is 0 Å². The Morgan fingerprint density at radius 3 is 2.64 bits per heavy atom. The number of amidine groups is 1. The highest BCUT2D eigenvalue weighted by molar-refractivity contribution is 8.15. The maximum absolute atomic E-state index is 11.6. The molecule has 0 saturated carbocycles. The van der Waals surface area contributed by atoms with Gasteiger partial charge in [0.25, 0.3) is 0 Å². The van der Waals surface area contributed by atoms with Crippen molar-refractivity contribution < 1.29 is 14.7 Å². The number of aryl methyl sites for hydroxylation is 1. The van der Waals surface area contributed by atoms with E-state index in [1.54, 1.807) is 0 Å². The van der Waals surface area contributed by atoms with Crippen molar-refractivity contribution in [2.24, 2.45) is 10.2 Å². The van der Waals surface area contributed by atoms with Crippen LogP contribution in [-0.4, -0.2) is 33.1 Å². The second-order valence-electron chi connectivity index (χ2n) is 4.83. The van der Waals surface area contributed by atoms with Crippen LogP contribution >= 0.6 is 11.8 Å². The summed E-state index contributed by atoms with van der Waals surface area (Å²) in [6.45, 7) is 3.93. The number of amides is 1. The second-order valence-corrected chi connectivity index (χ2v) is 6.03. The van der Waals surface area contributed by atoms with Gasteiger partial charge in [0.05, 0.1) is 12.1 Å². The first-order chi connectivity index (χ1) is 10.5. The Labute approximate surface area is 132 Å². The number of carbonyl (C=O) groups excluding carboxylic acids is 1. The number of rotatable bonds is 5. The van der Waals surface area contributed by atoms with Crippen LogP contribution < -0.4 is 5.32 Å². The van der Waals surface area contributed by atoms with Crippen LogP contribution in [0.5, 0.6) is 0 Å². The molecule has 116 valence electrons.